The van der Waals surface area contributed by atoms with E-state index in [1.807, 2.05) is 0 Å². The molecule has 1 aromatic heterocycles. The third-order valence-electron chi connectivity index (χ3n) is 5.67. The van der Waals surface area contributed by atoms with Gasteiger partial charge in [0.05, 0.1) is 7.11 Å². The molecule has 3 heteroatoms. The average molecular weight is 334 g/mol. The topological polar surface area (TPSA) is 17.4 Å². The Kier molecular flexibility index (Phi) is 4.26. The van der Waals surface area contributed by atoms with Gasteiger partial charge in [-0.05, 0) is 49.7 Å². The van der Waals surface area contributed by atoms with Gasteiger partial charge in [0.15, 0.2) is 0 Å². The van der Waals surface area contributed by atoms with Crippen LogP contribution in [0.5, 0.6) is 5.75 Å². The number of aryl methyl sites for hydroxylation is 2. The fourth-order valence-electron chi connectivity index (χ4n) is 4.11. The molecule has 25 heavy (non-hydrogen) atoms. The van der Waals surface area contributed by atoms with Gasteiger partial charge in [-0.25, -0.2) is 0 Å². The van der Waals surface area contributed by atoms with Crippen LogP contribution >= 0.6 is 0 Å². The minimum atomic E-state index is 0.441. The largest absolute Gasteiger partial charge is 0.497 e. The number of hydrogen-bond donors (Lipinski definition) is 0. The molecule has 3 nitrogen and oxygen atoms in total. The maximum atomic E-state index is 5.49. The van der Waals surface area contributed by atoms with Crippen LogP contribution in [-0.4, -0.2) is 30.2 Å². The van der Waals surface area contributed by atoms with E-state index >= 15 is 0 Å². The Balaban J connectivity index is 1.80. The van der Waals surface area contributed by atoms with E-state index in [9.17, 15) is 0 Å². The highest BCUT2D eigenvalue weighted by Crippen LogP contribution is 2.38. The number of fused-ring (bicyclic) bond motifs is 3. The highest BCUT2D eigenvalue weighted by Gasteiger charge is 2.28. The molecule has 1 aliphatic rings. The van der Waals surface area contributed by atoms with E-state index in [4.69, 9.17) is 4.74 Å². The molecule has 0 spiro atoms. The van der Waals surface area contributed by atoms with Crippen LogP contribution in [0.4, 0.5) is 0 Å². The summed E-state index contributed by atoms with van der Waals surface area (Å²) in [7, 11) is 3.97. The normalized spacial score (nSPS) is 17.6. The summed E-state index contributed by atoms with van der Waals surface area (Å²) in [4.78, 5) is 2.45. The molecule has 0 radical (unpaired) electrons. The van der Waals surface area contributed by atoms with Crippen molar-refractivity contribution in [1.29, 1.82) is 0 Å². The van der Waals surface area contributed by atoms with Crippen LogP contribution < -0.4 is 4.74 Å². The standard InChI is InChI=1S/C22H26N2O/c1-16-22-19-15-18(25-3)9-10-20(19)24(21(22)12-13-23(16)2)14-11-17-7-5-4-6-8-17/h4-10,15-16H,11-14H2,1-3H3. The van der Waals surface area contributed by atoms with Gasteiger partial charge in [0.1, 0.15) is 5.75 Å². The lowest BCUT2D eigenvalue weighted by molar-refractivity contribution is 0.245. The SMILES string of the molecule is COc1ccc2c(c1)c1c(n2CCc2ccccc2)CCN(C)C1C. The Labute approximate surface area is 149 Å². The number of rotatable bonds is 4. The molecule has 1 aliphatic heterocycles. The molecule has 2 heterocycles. The number of hydrogen-bond acceptors (Lipinski definition) is 2. The zero-order chi connectivity index (χ0) is 17.4. The molecule has 0 amide bonds. The van der Waals surface area contributed by atoms with Gasteiger partial charge in [0.25, 0.3) is 0 Å². The van der Waals surface area contributed by atoms with Gasteiger partial charge in [-0.1, -0.05) is 30.3 Å². The third kappa shape index (κ3) is 2.83. The minimum absolute atomic E-state index is 0.441. The molecule has 2 aromatic carbocycles. The van der Waals surface area contributed by atoms with Crippen molar-refractivity contribution in [1.82, 2.24) is 9.47 Å². The second kappa shape index (κ2) is 6.57. The molecule has 1 unspecified atom stereocenters. The van der Waals surface area contributed by atoms with Crippen molar-refractivity contribution in [2.24, 2.45) is 0 Å². The van der Waals surface area contributed by atoms with Crippen LogP contribution in [0, 0.1) is 0 Å². The Morgan fingerprint density at radius 2 is 1.92 bits per heavy atom. The molecule has 0 aliphatic carbocycles. The first-order valence-corrected chi connectivity index (χ1v) is 9.12. The Morgan fingerprint density at radius 1 is 1.12 bits per heavy atom. The highest BCUT2D eigenvalue weighted by molar-refractivity contribution is 5.87. The van der Waals surface area contributed by atoms with Gasteiger partial charge in [-0.2, -0.15) is 0 Å². The van der Waals surface area contributed by atoms with Crippen LogP contribution in [0.25, 0.3) is 10.9 Å². The van der Waals surface area contributed by atoms with Gasteiger partial charge in [0, 0.05) is 42.1 Å². The summed E-state index contributed by atoms with van der Waals surface area (Å²) >= 11 is 0. The van der Waals surface area contributed by atoms with E-state index in [0.29, 0.717) is 6.04 Å². The Hall–Kier alpha value is -2.26. The first-order valence-electron chi connectivity index (χ1n) is 9.12. The minimum Gasteiger partial charge on any atom is -0.497 e. The summed E-state index contributed by atoms with van der Waals surface area (Å²) in [6, 6.07) is 17.7. The van der Waals surface area contributed by atoms with Crippen molar-refractivity contribution >= 4 is 10.9 Å². The average Bonchev–Trinajstić information content (AvgIpc) is 2.97. The second-order valence-corrected chi connectivity index (χ2v) is 7.04. The quantitative estimate of drug-likeness (QED) is 0.702. The van der Waals surface area contributed by atoms with E-state index in [2.05, 4.69) is 72.0 Å². The van der Waals surface area contributed by atoms with Gasteiger partial charge >= 0.3 is 0 Å². The Bertz CT molecular complexity index is 882. The summed E-state index contributed by atoms with van der Waals surface area (Å²) in [5, 5.41) is 1.35. The van der Waals surface area contributed by atoms with E-state index in [0.717, 1.165) is 31.7 Å². The van der Waals surface area contributed by atoms with Crippen LogP contribution in [-0.2, 0) is 19.4 Å². The smallest absolute Gasteiger partial charge is 0.119 e. The zero-order valence-electron chi connectivity index (χ0n) is 15.3. The first-order chi connectivity index (χ1) is 12.2. The number of aromatic nitrogens is 1. The molecule has 0 bridgehead atoms. The predicted octanol–water partition coefficient (Wildman–Crippen LogP) is 4.44. The van der Waals surface area contributed by atoms with Gasteiger partial charge in [-0.15, -0.1) is 0 Å². The van der Waals surface area contributed by atoms with Crippen molar-refractivity contribution in [3.63, 3.8) is 0 Å². The van der Waals surface area contributed by atoms with Crippen LogP contribution in [0.3, 0.4) is 0 Å². The fraction of sp³-hybridized carbons (Fsp3) is 0.364. The first kappa shape index (κ1) is 16.2. The lowest BCUT2D eigenvalue weighted by Crippen LogP contribution is -2.31. The van der Waals surface area contributed by atoms with E-state index in [-0.39, 0.29) is 0 Å². The van der Waals surface area contributed by atoms with Crippen molar-refractivity contribution in [2.45, 2.75) is 32.4 Å². The van der Waals surface area contributed by atoms with E-state index in [1.54, 1.807) is 7.11 Å². The molecular formula is C22H26N2O. The number of methoxy groups -OCH3 is 1. The number of nitrogens with zero attached hydrogens (tertiary/aromatic N) is 2. The lowest BCUT2D eigenvalue weighted by Gasteiger charge is -2.31. The molecule has 0 saturated heterocycles. The van der Waals surface area contributed by atoms with Crippen molar-refractivity contribution in [3.05, 3.63) is 65.4 Å². The van der Waals surface area contributed by atoms with Crippen molar-refractivity contribution < 1.29 is 4.74 Å². The molecule has 4 rings (SSSR count). The lowest BCUT2D eigenvalue weighted by atomic mass is 9.97. The maximum absolute atomic E-state index is 5.49. The molecule has 0 fully saturated rings. The number of benzene rings is 2. The molecule has 1 atom stereocenters. The monoisotopic (exact) mass is 334 g/mol. The molecule has 130 valence electrons. The summed E-state index contributed by atoms with van der Waals surface area (Å²) in [6.07, 6.45) is 2.18. The molecule has 3 aromatic rings. The van der Waals surface area contributed by atoms with Gasteiger partial charge in [-0.3, -0.25) is 4.90 Å². The van der Waals surface area contributed by atoms with E-state index < -0.39 is 0 Å². The van der Waals surface area contributed by atoms with Crippen LogP contribution in [0.15, 0.2) is 48.5 Å². The van der Waals surface area contributed by atoms with Crippen molar-refractivity contribution in [3.8, 4) is 5.75 Å². The van der Waals surface area contributed by atoms with Crippen LogP contribution in [0.1, 0.15) is 29.8 Å². The highest BCUT2D eigenvalue weighted by atomic mass is 16.5. The second-order valence-electron chi connectivity index (χ2n) is 7.04. The summed E-state index contributed by atoms with van der Waals surface area (Å²) in [5.41, 5.74) is 5.72. The summed E-state index contributed by atoms with van der Waals surface area (Å²) < 4.78 is 8.03. The molecule has 0 N–H and O–H groups in total. The van der Waals surface area contributed by atoms with E-state index in [1.165, 1.54) is 27.7 Å². The maximum Gasteiger partial charge on any atom is 0.119 e. The summed E-state index contributed by atoms with van der Waals surface area (Å²) in [5.74, 6) is 0.941. The predicted molar refractivity (Wildman–Crippen MR) is 103 cm³/mol. The Morgan fingerprint density at radius 3 is 2.68 bits per heavy atom. The van der Waals surface area contributed by atoms with Crippen molar-refractivity contribution in [2.75, 3.05) is 20.7 Å². The number of likely N-dealkylation sites (N-methyl/N-ethyl adjacent to an activating group) is 1. The van der Waals surface area contributed by atoms with Gasteiger partial charge in [0.2, 0.25) is 0 Å². The fourth-order valence-corrected chi connectivity index (χ4v) is 4.11. The molecular weight excluding hydrogens is 308 g/mol. The van der Waals surface area contributed by atoms with Crippen LogP contribution in [0.2, 0.25) is 0 Å². The number of ether oxygens (including phenoxy) is 1. The third-order valence-corrected chi connectivity index (χ3v) is 5.67. The summed E-state index contributed by atoms with van der Waals surface area (Å²) in [6.45, 7) is 4.46. The molecule has 0 saturated carbocycles. The van der Waals surface area contributed by atoms with Gasteiger partial charge < -0.3 is 9.30 Å². The zero-order valence-corrected chi connectivity index (χ0v) is 15.3.